The van der Waals surface area contributed by atoms with Crippen LogP contribution in [0.25, 0.3) is 21.5 Å². The van der Waals surface area contributed by atoms with Gasteiger partial charge in [0, 0.05) is 18.1 Å². The van der Waals surface area contributed by atoms with Crippen LogP contribution in [0.4, 0.5) is 4.79 Å². The second-order valence-electron chi connectivity index (χ2n) is 8.14. The molecule has 0 saturated heterocycles. The number of aliphatic hydroxyl groups excluding tert-OH is 1. The SMILES string of the molecule is CN(C)C(=O)[n+]1cc([C-](O)c2c[s+][c-](-c3cccnc3)n2)c2cccc(OCc3ccccc3)[c-]21. The highest BCUT2D eigenvalue weighted by molar-refractivity contribution is 7.13. The number of para-hydroxylation sites is 1. The number of carbonyl (C=O) groups excluding carboxylic acids is 1. The van der Waals surface area contributed by atoms with Crippen LogP contribution in [0, 0.1) is 6.10 Å². The highest BCUT2D eigenvalue weighted by atomic mass is 32.1. The molecule has 0 aliphatic heterocycles. The fraction of sp³-hybridized carbons (Fsp3) is 0.111. The number of carbonyl (C=O) groups is 1. The normalized spacial score (nSPS) is 10.9. The molecule has 35 heavy (non-hydrogen) atoms. The lowest BCUT2D eigenvalue weighted by Gasteiger charge is -2.17. The lowest BCUT2D eigenvalue weighted by molar-refractivity contribution is -0.547. The van der Waals surface area contributed by atoms with E-state index in [4.69, 9.17) is 4.74 Å². The molecule has 0 bridgehead atoms. The number of hydrogen-bond donors (Lipinski definition) is 1. The van der Waals surface area contributed by atoms with Crippen LogP contribution in [-0.4, -0.2) is 40.1 Å². The standard InChI is InChI=1S/C27H23N4O3S/c1-30(2)27(33)31-15-21(25(32)22-17-35-26(29-22)19-10-7-13-28-14-19)20-11-6-12-23(24(20)31)34-16-18-8-4-3-5-9-18/h3-15,17,32H,16H2,1-2H3/q-1. The van der Waals surface area contributed by atoms with Gasteiger partial charge in [-0.05, 0) is 23.4 Å². The van der Waals surface area contributed by atoms with Gasteiger partial charge in [0.2, 0.25) is 5.01 Å². The minimum atomic E-state index is -0.251. The molecule has 3 aromatic heterocycles. The lowest BCUT2D eigenvalue weighted by Crippen LogP contribution is -2.48. The average Bonchev–Trinajstić information content (AvgIpc) is 3.54. The quantitative estimate of drug-likeness (QED) is 0.214. The first-order chi connectivity index (χ1) is 17.0. The van der Waals surface area contributed by atoms with Crippen molar-refractivity contribution in [3.63, 3.8) is 0 Å². The van der Waals surface area contributed by atoms with Gasteiger partial charge in [0.05, 0.1) is 19.6 Å². The first-order valence-electron chi connectivity index (χ1n) is 11.0. The number of ether oxygens (including phenoxy) is 1. The Kier molecular flexibility index (Phi) is 6.22. The van der Waals surface area contributed by atoms with E-state index in [0.29, 0.717) is 34.5 Å². The third-order valence-corrected chi connectivity index (χ3v) is 6.42. The number of thiazole rings is 1. The zero-order valence-corrected chi connectivity index (χ0v) is 20.1. The average molecular weight is 484 g/mol. The van der Waals surface area contributed by atoms with Gasteiger partial charge in [0.15, 0.2) is 11.3 Å². The van der Waals surface area contributed by atoms with E-state index in [1.54, 1.807) is 38.1 Å². The predicted octanol–water partition coefficient (Wildman–Crippen LogP) is 4.77. The Labute approximate surface area is 206 Å². The summed E-state index contributed by atoms with van der Waals surface area (Å²) in [6.45, 7) is 0.354. The molecular weight excluding hydrogens is 460 g/mol. The molecule has 1 amide bonds. The molecule has 8 heteroatoms. The monoisotopic (exact) mass is 483 g/mol. The number of benzene rings is 2. The second kappa shape index (κ2) is 9.61. The maximum absolute atomic E-state index is 13.1. The Morgan fingerprint density at radius 3 is 2.71 bits per heavy atom. The van der Waals surface area contributed by atoms with Gasteiger partial charge in [-0.2, -0.15) is 6.07 Å². The van der Waals surface area contributed by atoms with Crippen LogP contribution in [-0.2, 0) is 6.61 Å². The summed E-state index contributed by atoms with van der Waals surface area (Å²) in [5, 5.41) is 14.5. The lowest BCUT2D eigenvalue weighted by atomic mass is 10.1. The fourth-order valence-electron chi connectivity index (χ4n) is 3.80. The van der Waals surface area contributed by atoms with Crippen LogP contribution in [0.1, 0.15) is 16.8 Å². The maximum Gasteiger partial charge on any atom is 0.441 e. The van der Waals surface area contributed by atoms with Crippen LogP contribution < -0.4 is 9.30 Å². The van der Waals surface area contributed by atoms with Gasteiger partial charge in [0.25, 0.3) is 0 Å². The van der Waals surface area contributed by atoms with Gasteiger partial charge in [0.1, 0.15) is 17.7 Å². The summed E-state index contributed by atoms with van der Waals surface area (Å²) in [4.78, 5) is 23.3. The molecule has 3 heterocycles. The minimum absolute atomic E-state index is 0.00749. The molecule has 0 aliphatic rings. The zero-order valence-electron chi connectivity index (χ0n) is 19.3. The van der Waals surface area contributed by atoms with Gasteiger partial charge in [-0.15, -0.1) is 23.1 Å². The first kappa shape index (κ1) is 22.6. The Morgan fingerprint density at radius 2 is 1.97 bits per heavy atom. The van der Waals surface area contributed by atoms with Crippen molar-refractivity contribution in [1.82, 2.24) is 14.9 Å². The van der Waals surface area contributed by atoms with E-state index in [0.717, 1.165) is 16.1 Å². The van der Waals surface area contributed by atoms with E-state index in [-0.39, 0.29) is 12.1 Å². The summed E-state index contributed by atoms with van der Waals surface area (Å²) < 4.78 is 7.64. The highest BCUT2D eigenvalue weighted by Gasteiger charge is 2.21. The Morgan fingerprint density at radius 1 is 1.14 bits per heavy atom. The Hall–Kier alpha value is -4.14. The molecule has 1 N–H and O–H groups in total. The molecule has 176 valence electrons. The van der Waals surface area contributed by atoms with Crippen LogP contribution in [0.2, 0.25) is 0 Å². The van der Waals surface area contributed by atoms with Crippen LogP contribution >= 0.6 is 11.3 Å². The largest absolute Gasteiger partial charge is 0.499 e. The number of aromatic nitrogens is 3. The molecule has 0 aliphatic carbocycles. The molecule has 0 unspecified atom stereocenters. The second-order valence-corrected chi connectivity index (χ2v) is 9.00. The molecule has 0 atom stereocenters. The number of fused-ring (bicyclic) bond motifs is 1. The van der Waals surface area contributed by atoms with Gasteiger partial charge in [-0.25, -0.2) is 4.79 Å². The summed E-state index contributed by atoms with van der Waals surface area (Å²) in [5.74, 6) is 0.551. The van der Waals surface area contributed by atoms with E-state index in [9.17, 15) is 9.90 Å². The molecule has 0 spiro atoms. The van der Waals surface area contributed by atoms with Crippen molar-refractivity contribution in [1.29, 1.82) is 0 Å². The van der Waals surface area contributed by atoms with Gasteiger partial charge in [-0.3, -0.25) is 14.5 Å². The van der Waals surface area contributed by atoms with Crippen LogP contribution in [0.15, 0.2) is 84.6 Å². The fourth-order valence-corrected chi connectivity index (χ4v) is 4.60. The van der Waals surface area contributed by atoms with E-state index in [1.165, 1.54) is 20.8 Å². The third kappa shape index (κ3) is 4.49. The molecule has 5 aromatic rings. The molecular formula is C27H23N4O3S-. The number of rotatable bonds is 6. The van der Waals surface area contributed by atoms with Crippen molar-refractivity contribution >= 4 is 28.3 Å². The smallest absolute Gasteiger partial charge is 0.441 e. The molecule has 0 saturated carbocycles. The maximum atomic E-state index is 13.1. The summed E-state index contributed by atoms with van der Waals surface area (Å²) in [5.41, 5.74) is 3.41. The predicted molar refractivity (Wildman–Crippen MR) is 134 cm³/mol. The van der Waals surface area contributed by atoms with Crippen molar-refractivity contribution in [3.8, 4) is 16.3 Å². The van der Waals surface area contributed by atoms with Crippen molar-refractivity contribution < 1.29 is 19.2 Å². The summed E-state index contributed by atoms with van der Waals surface area (Å²) in [7, 11) is 3.37. The minimum Gasteiger partial charge on any atom is -0.499 e. The third-order valence-electron chi connectivity index (χ3n) is 5.52. The number of nitrogens with zero attached hydrogens (tertiary/aromatic N) is 4. The van der Waals surface area contributed by atoms with E-state index < -0.39 is 0 Å². The van der Waals surface area contributed by atoms with Gasteiger partial charge in [-0.1, -0.05) is 42.5 Å². The van der Waals surface area contributed by atoms with Crippen molar-refractivity contribution in [2.75, 3.05) is 14.1 Å². The topological polar surface area (TPSA) is 79.4 Å². The molecule has 0 fully saturated rings. The van der Waals surface area contributed by atoms with Crippen molar-refractivity contribution in [2.45, 2.75) is 6.61 Å². The summed E-state index contributed by atoms with van der Waals surface area (Å²) in [6, 6.07) is 18.9. The molecule has 0 radical (unpaired) electrons. The van der Waals surface area contributed by atoms with Crippen LogP contribution in [0.5, 0.6) is 5.75 Å². The van der Waals surface area contributed by atoms with E-state index in [2.05, 4.69) is 9.97 Å². The van der Waals surface area contributed by atoms with E-state index >= 15 is 0 Å². The Balaban J connectivity index is 1.56. The Bertz CT molecular complexity index is 1460. The van der Waals surface area contributed by atoms with E-state index in [1.807, 2.05) is 60.7 Å². The van der Waals surface area contributed by atoms with Gasteiger partial charge >= 0.3 is 6.03 Å². The molecule has 5 rings (SSSR count). The molecule has 7 nitrogen and oxygen atoms in total. The summed E-state index contributed by atoms with van der Waals surface area (Å²) in [6.07, 6.45) is 5.07. The number of amides is 1. The zero-order chi connectivity index (χ0) is 24.4. The molecule has 2 aromatic carbocycles. The van der Waals surface area contributed by atoms with Crippen LogP contribution in [0.3, 0.4) is 0 Å². The van der Waals surface area contributed by atoms with Crippen molar-refractivity contribution in [2.24, 2.45) is 0 Å². The number of aliphatic hydroxyl groups is 1. The van der Waals surface area contributed by atoms with Crippen molar-refractivity contribution in [3.05, 3.63) is 108 Å². The number of hydrogen-bond acceptors (Lipinski definition) is 5. The number of pyridine rings is 1. The van der Waals surface area contributed by atoms with Gasteiger partial charge < -0.3 is 14.8 Å². The first-order valence-corrected chi connectivity index (χ1v) is 11.9. The summed E-state index contributed by atoms with van der Waals surface area (Å²) >= 11 is 1.42. The highest BCUT2D eigenvalue weighted by Crippen LogP contribution is 2.34.